The molecule has 26 heavy (non-hydrogen) atoms. The topological polar surface area (TPSA) is 78.5 Å². The zero-order chi connectivity index (χ0) is 19.4. The Morgan fingerprint density at radius 3 is 2.46 bits per heavy atom. The number of carbonyl (C=O) groups excluding carboxylic acids is 1. The van der Waals surface area contributed by atoms with Gasteiger partial charge in [-0.2, -0.15) is 4.31 Å². The first kappa shape index (κ1) is 20.7. The lowest BCUT2D eigenvalue weighted by atomic mass is 10.0. The fraction of sp³-hybridized carbons (Fsp3) is 0.632. The third-order valence-electron chi connectivity index (χ3n) is 4.45. The molecule has 1 aliphatic heterocycles. The lowest BCUT2D eigenvalue weighted by Crippen LogP contribution is -2.48. The Hall–Kier alpha value is -1.60. The molecule has 1 aliphatic rings. The van der Waals surface area contributed by atoms with Crippen molar-refractivity contribution in [3.63, 3.8) is 0 Å². The molecule has 1 saturated heterocycles. The van der Waals surface area contributed by atoms with Gasteiger partial charge in [0.05, 0.1) is 4.90 Å². The Balaban J connectivity index is 2.01. The van der Waals surface area contributed by atoms with Crippen LogP contribution in [0.5, 0.6) is 0 Å². The Morgan fingerprint density at radius 1 is 1.19 bits per heavy atom. The van der Waals surface area contributed by atoms with Gasteiger partial charge in [0.25, 0.3) is 0 Å². The van der Waals surface area contributed by atoms with E-state index in [9.17, 15) is 13.2 Å². The van der Waals surface area contributed by atoms with Gasteiger partial charge in [0.15, 0.2) is 0 Å². The Bertz CT molecular complexity index is 709. The maximum atomic E-state index is 13.0. The van der Waals surface area contributed by atoms with Crippen LogP contribution in [0.2, 0.25) is 0 Å². The van der Waals surface area contributed by atoms with E-state index in [2.05, 4.69) is 10.6 Å². The van der Waals surface area contributed by atoms with E-state index in [1.54, 1.807) is 16.4 Å². The molecule has 1 fully saturated rings. The lowest BCUT2D eigenvalue weighted by Gasteiger charge is -2.35. The van der Waals surface area contributed by atoms with Crippen molar-refractivity contribution in [2.75, 3.05) is 13.1 Å². The molecule has 7 heteroatoms. The van der Waals surface area contributed by atoms with Crippen molar-refractivity contribution >= 4 is 16.1 Å². The van der Waals surface area contributed by atoms with Gasteiger partial charge in [-0.15, -0.1) is 0 Å². The van der Waals surface area contributed by atoms with Gasteiger partial charge in [0, 0.05) is 24.7 Å². The number of piperidine rings is 1. The van der Waals surface area contributed by atoms with Crippen LogP contribution in [0.4, 0.5) is 4.79 Å². The summed E-state index contributed by atoms with van der Waals surface area (Å²) in [5, 5.41) is 5.68. The highest BCUT2D eigenvalue weighted by atomic mass is 32.2. The normalized spacial score (nSPS) is 19.2. The highest BCUT2D eigenvalue weighted by molar-refractivity contribution is 7.89. The van der Waals surface area contributed by atoms with Crippen LogP contribution in [0, 0.1) is 6.92 Å². The first-order chi connectivity index (χ1) is 12.1. The van der Waals surface area contributed by atoms with Crippen molar-refractivity contribution in [3.8, 4) is 0 Å². The summed E-state index contributed by atoms with van der Waals surface area (Å²) in [6.45, 7) is 8.69. The van der Waals surface area contributed by atoms with Crippen LogP contribution in [0.15, 0.2) is 29.2 Å². The zero-order valence-corrected chi connectivity index (χ0v) is 17.0. The molecule has 0 radical (unpaired) electrons. The number of hydrogen-bond donors (Lipinski definition) is 2. The number of nitrogens with one attached hydrogen (secondary N) is 2. The SMILES string of the molecule is Cc1ccc(S(=O)(=O)N2CCCC[C@@H]2CCNC(=O)NC(C)(C)C)cc1. The Kier molecular flexibility index (Phi) is 6.69. The summed E-state index contributed by atoms with van der Waals surface area (Å²) in [6.07, 6.45) is 3.33. The Morgan fingerprint density at radius 2 is 1.85 bits per heavy atom. The van der Waals surface area contributed by atoms with Gasteiger partial charge in [0.1, 0.15) is 0 Å². The second-order valence-electron chi connectivity index (χ2n) is 8.00. The number of sulfonamides is 1. The number of aryl methyl sites for hydroxylation is 1. The van der Waals surface area contributed by atoms with E-state index in [0.717, 1.165) is 24.8 Å². The van der Waals surface area contributed by atoms with E-state index in [-0.39, 0.29) is 17.6 Å². The molecule has 1 atom stereocenters. The molecule has 146 valence electrons. The predicted octanol–water partition coefficient (Wildman–Crippen LogP) is 3.03. The van der Waals surface area contributed by atoms with E-state index < -0.39 is 10.0 Å². The van der Waals surface area contributed by atoms with E-state index in [1.807, 2.05) is 39.8 Å². The molecule has 0 spiro atoms. The average Bonchev–Trinajstić information content (AvgIpc) is 2.54. The zero-order valence-electron chi connectivity index (χ0n) is 16.2. The molecular weight excluding hydrogens is 350 g/mol. The third kappa shape index (κ3) is 5.71. The molecule has 0 saturated carbocycles. The monoisotopic (exact) mass is 381 g/mol. The first-order valence-electron chi connectivity index (χ1n) is 9.24. The summed E-state index contributed by atoms with van der Waals surface area (Å²) in [4.78, 5) is 12.2. The molecule has 1 heterocycles. The van der Waals surface area contributed by atoms with Gasteiger partial charge in [-0.05, 0) is 59.1 Å². The van der Waals surface area contributed by atoms with Gasteiger partial charge in [-0.3, -0.25) is 0 Å². The van der Waals surface area contributed by atoms with Crippen LogP contribution in [0.25, 0.3) is 0 Å². The van der Waals surface area contributed by atoms with Crippen LogP contribution in [0.1, 0.15) is 52.0 Å². The van der Waals surface area contributed by atoms with E-state index >= 15 is 0 Å². The quantitative estimate of drug-likeness (QED) is 0.823. The molecule has 2 N–H and O–H groups in total. The number of carbonyl (C=O) groups is 1. The van der Waals surface area contributed by atoms with E-state index in [4.69, 9.17) is 0 Å². The molecule has 0 bridgehead atoms. The van der Waals surface area contributed by atoms with Crippen molar-refractivity contribution in [1.29, 1.82) is 0 Å². The van der Waals surface area contributed by atoms with Gasteiger partial charge >= 0.3 is 6.03 Å². The van der Waals surface area contributed by atoms with E-state index in [1.165, 1.54) is 0 Å². The maximum absolute atomic E-state index is 13.0. The second-order valence-corrected chi connectivity index (χ2v) is 9.89. The molecule has 0 aromatic heterocycles. The minimum absolute atomic E-state index is 0.0787. The van der Waals surface area contributed by atoms with Crippen LogP contribution < -0.4 is 10.6 Å². The van der Waals surface area contributed by atoms with Gasteiger partial charge in [-0.25, -0.2) is 13.2 Å². The predicted molar refractivity (Wildman–Crippen MR) is 104 cm³/mol. The van der Waals surface area contributed by atoms with Crippen LogP contribution >= 0.6 is 0 Å². The first-order valence-corrected chi connectivity index (χ1v) is 10.7. The van der Waals surface area contributed by atoms with Crippen molar-refractivity contribution in [3.05, 3.63) is 29.8 Å². The van der Waals surface area contributed by atoms with Gasteiger partial charge in [0.2, 0.25) is 10.0 Å². The molecule has 0 aliphatic carbocycles. The van der Waals surface area contributed by atoms with Crippen LogP contribution in [0.3, 0.4) is 0 Å². The number of nitrogens with zero attached hydrogens (tertiary/aromatic N) is 1. The second kappa shape index (κ2) is 8.39. The highest BCUT2D eigenvalue weighted by Gasteiger charge is 2.33. The van der Waals surface area contributed by atoms with Crippen LogP contribution in [-0.2, 0) is 10.0 Å². The summed E-state index contributed by atoms with van der Waals surface area (Å²) in [5.74, 6) is 0. The van der Waals surface area contributed by atoms with Crippen LogP contribution in [-0.4, -0.2) is 43.4 Å². The molecule has 1 aromatic rings. The number of hydrogen-bond acceptors (Lipinski definition) is 3. The van der Waals surface area contributed by atoms with E-state index in [0.29, 0.717) is 24.4 Å². The van der Waals surface area contributed by atoms with Crippen molar-refractivity contribution in [2.24, 2.45) is 0 Å². The van der Waals surface area contributed by atoms with Gasteiger partial charge in [-0.1, -0.05) is 24.1 Å². The smallest absolute Gasteiger partial charge is 0.315 e. The molecular formula is C19H31N3O3S. The summed E-state index contributed by atoms with van der Waals surface area (Å²) in [5.41, 5.74) is 0.739. The molecule has 6 nitrogen and oxygen atoms in total. The number of rotatable bonds is 5. The fourth-order valence-electron chi connectivity index (χ4n) is 3.16. The summed E-state index contributed by atoms with van der Waals surface area (Å²) < 4.78 is 27.7. The minimum Gasteiger partial charge on any atom is -0.338 e. The van der Waals surface area contributed by atoms with Crippen molar-refractivity contribution in [1.82, 2.24) is 14.9 Å². The summed E-state index contributed by atoms with van der Waals surface area (Å²) >= 11 is 0. The largest absolute Gasteiger partial charge is 0.338 e. The molecule has 0 unspecified atom stereocenters. The maximum Gasteiger partial charge on any atom is 0.315 e. The third-order valence-corrected chi connectivity index (χ3v) is 6.42. The average molecular weight is 382 g/mol. The molecule has 2 rings (SSSR count). The number of urea groups is 1. The lowest BCUT2D eigenvalue weighted by molar-refractivity contribution is 0.223. The number of benzene rings is 1. The minimum atomic E-state index is -3.50. The van der Waals surface area contributed by atoms with Gasteiger partial charge < -0.3 is 10.6 Å². The standard InChI is InChI=1S/C19H31N3O3S/c1-15-8-10-17(11-9-15)26(24,25)22-14-6-5-7-16(22)12-13-20-18(23)21-19(2,3)4/h8-11,16H,5-7,12-14H2,1-4H3,(H2,20,21,23)/t16-/m1/s1. The fourth-order valence-corrected chi connectivity index (χ4v) is 4.89. The summed E-state index contributed by atoms with van der Waals surface area (Å²) in [6, 6.07) is 6.69. The summed E-state index contributed by atoms with van der Waals surface area (Å²) in [7, 11) is -3.50. The number of amides is 2. The molecule has 2 amide bonds. The Labute approximate surface area is 157 Å². The van der Waals surface area contributed by atoms with Crippen molar-refractivity contribution < 1.29 is 13.2 Å². The van der Waals surface area contributed by atoms with Crippen molar-refractivity contribution in [2.45, 2.75) is 69.9 Å². The molecule has 1 aromatic carbocycles. The highest BCUT2D eigenvalue weighted by Crippen LogP contribution is 2.27.